The molecule has 4 heteroatoms. The van der Waals surface area contributed by atoms with Crippen molar-refractivity contribution in [3.8, 4) is 0 Å². The molecule has 0 saturated carbocycles. The van der Waals surface area contributed by atoms with Gasteiger partial charge in [-0.25, -0.2) is 0 Å². The average Bonchev–Trinajstić information content (AvgIpc) is 2.61. The number of rotatable bonds is 2. The number of hydrogen-bond donors (Lipinski definition) is 0. The Morgan fingerprint density at radius 1 is 1.29 bits per heavy atom. The van der Waals surface area contributed by atoms with Crippen LogP contribution in [0.5, 0.6) is 0 Å². The van der Waals surface area contributed by atoms with Gasteiger partial charge in [0.25, 0.3) is 0 Å². The Hall–Kier alpha value is -1.06. The van der Waals surface area contributed by atoms with Crippen LogP contribution in [0.1, 0.15) is 27.4 Å². The molecule has 0 aliphatic heterocycles. The third-order valence-corrected chi connectivity index (χ3v) is 3.78. The summed E-state index contributed by atoms with van der Waals surface area (Å²) >= 11 is 9.40. The molecule has 0 N–H and O–H groups in total. The monoisotopic (exact) mass is 312 g/mol. The van der Waals surface area contributed by atoms with Crippen molar-refractivity contribution in [2.24, 2.45) is 0 Å². The zero-order valence-electron chi connectivity index (χ0n) is 9.38. The fourth-order valence-corrected chi connectivity index (χ4v) is 2.26. The van der Waals surface area contributed by atoms with E-state index in [0.717, 1.165) is 5.76 Å². The molecule has 2 rings (SSSR count). The van der Waals surface area contributed by atoms with E-state index in [2.05, 4.69) is 15.9 Å². The summed E-state index contributed by atoms with van der Waals surface area (Å²) in [6.07, 6.45) is 0. The number of halogens is 2. The minimum absolute atomic E-state index is 0.120. The Bertz CT molecular complexity index is 587. The zero-order chi connectivity index (χ0) is 12.6. The van der Waals surface area contributed by atoms with Gasteiger partial charge in [0.2, 0.25) is 0 Å². The molecule has 0 saturated heterocycles. The summed E-state index contributed by atoms with van der Waals surface area (Å²) in [4.78, 5) is 12.3. The van der Waals surface area contributed by atoms with Crippen LogP contribution in [0.25, 0.3) is 0 Å². The van der Waals surface area contributed by atoms with E-state index in [-0.39, 0.29) is 5.78 Å². The topological polar surface area (TPSA) is 30.2 Å². The van der Waals surface area contributed by atoms with Crippen molar-refractivity contribution in [3.63, 3.8) is 0 Å². The first kappa shape index (κ1) is 12.4. The minimum Gasteiger partial charge on any atom is -0.466 e. The van der Waals surface area contributed by atoms with Gasteiger partial charge in [0.15, 0.2) is 5.78 Å². The molecule has 2 nitrogen and oxygen atoms in total. The highest BCUT2D eigenvalue weighted by molar-refractivity contribution is 9.10. The van der Waals surface area contributed by atoms with Gasteiger partial charge in [-0.2, -0.15) is 0 Å². The number of ketones is 1. The first-order chi connectivity index (χ1) is 8.00. The molecule has 2 aromatic rings. The van der Waals surface area contributed by atoms with Gasteiger partial charge in [0.1, 0.15) is 11.5 Å². The third kappa shape index (κ3) is 2.31. The van der Waals surface area contributed by atoms with Gasteiger partial charge >= 0.3 is 0 Å². The second-order valence-electron chi connectivity index (χ2n) is 3.76. The zero-order valence-corrected chi connectivity index (χ0v) is 11.7. The molecule has 0 aliphatic rings. The van der Waals surface area contributed by atoms with Crippen LogP contribution in [0, 0.1) is 13.8 Å². The Kier molecular flexibility index (Phi) is 3.40. The van der Waals surface area contributed by atoms with E-state index < -0.39 is 0 Å². The summed E-state index contributed by atoms with van der Waals surface area (Å²) in [6, 6.07) is 7.02. The number of furan rings is 1. The highest BCUT2D eigenvalue weighted by atomic mass is 79.9. The van der Waals surface area contributed by atoms with Crippen molar-refractivity contribution in [1.82, 2.24) is 0 Å². The molecular formula is C13H10BrClO2. The number of carbonyl (C=O) groups excluding carboxylic acids is 1. The number of hydrogen-bond acceptors (Lipinski definition) is 2. The van der Waals surface area contributed by atoms with Crippen LogP contribution in [0.15, 0.2) is 33.2 Å². The summed E-state index contributed by atoms with van der Waals surface area (Å²) < 4.78 is 6.06. The van der Waals surface area contributed by atoms with Gasteiger partial charge < -0.3 is 4.42 Å². The maximum absolute atomic E-state index is 12.3. The summed E-state index contributed by atoms with van der Waals surface area (Å²) in [5.74, 6) is 1.21. The number of aryl methyl sites for hydroxylation is 2. The lowest BCUT2D eigenvalue weighted by molar-refractivity contribution is 0.103. The standard InChI is InChI=1S/C13H10BrClO2/c1-7-6-10(8(2)17-7)13(16)9-4-3-5-11(14)12(9)15/h3-6H,1-2H3. The second-order valence-corrected chi connectivity index (χ2v) is 4.99. The highest BCUT2D eigenvalue weighted by Crippen LogP contribution is 2.29. The van der Waals surface area contributed by atoms with E-state index in [0.29, 0.717) is 26.4 Å². The molecule has 0 radical (unpaired) electrons. The SMILES string of the molecule is Cc1cc(C(=O)c2cccc(Br)c2Cl)c(C)o1. The maximum atomic E-state index is 12.3. The molecule has 0 amide bonds. The first-order valence-corrected chi connectivity index (χ1v) is 6.23. The third-order valence-electron chi connectivity index (χ3n) is 2.48. The second kappa shape index (κ2) is 4.67. The fourth-order valence-electron chi connectivity index (χ4n) is 1.68. The van der Waals surface area contributed by atoms with Gasteiger partial charge in [-0.05, 0) is 48.0 Å². The molecule has 1 aromatic heterocycles. The van der Waals surface area contributed by atoms with Crippen molar-refractivity contribution in [2.45, 2.75) is 13.8 Å². The summed E-state index contributed by atoms with van der Waals surface area (Å²) in [5, 5.41) is 0.427. The van der Waals surface area contributed by atoms with Crippen molar-refractivity contribution >= 4 is 33.3 Å². The van der Waals surface area contributed by atoms with E-state index in [1.54, 1.807) is 31.2 Å². The molecular weight excluding hydrogens is 303 g/mol. The summed E-state index contributed by atoms with van der Waals surface area (Å²) in [5.41, 5.74) is 1.03. The first-order valence-electron chi connectivity index (χ1n) is 5.06. The van der Waals surface area contributed by atoms with Crippen LogP contribution >= 0.6 is 27.5 Å². The van der Waals surface area contributed by atoms with Gasteiger partial charge in [-0.15, -0.1) is 0 Å². The fraction of sp³-hybridized carbons (Fsp3) is 0.154. The van der Waals surface area contributed by atoms with Crippen LogP contribution < -0.4 is 0 Å². The Morgan fingerprint density at radius 3 is 2.59 bits per heavy atom. The van der Waals surface area contributed by atoms with Crippen molar-refractivity contribution in [2.75, 3.05) is 0 Å². The van der Waals surface area contributed by atoms with Crippen molar-refractivity contribution < 1.29 is 9.21 Å². The number of benzene rings is 1. The molecule has 0 aliphatic carbocycles. The van der Waals surface area contributed by atoms with Crippen LogP contribution in [-0.2, 0) is 0 Å². The largest absolute Gasteiger partial charge is 0.466 e. The molecule has 0 fully saturated rings. The quantitative estimate of drug-likeness (QED) is 0.762. The van der Waals surface area contributed by atoms with Crippen molar-refractivity contribution in [1.29, 1.82) is 0 Å². The lowest BCUT2D eigenvalue weighted by Gasteiger charge is -2.03. The van der Waals surface area contributed by atoms with E-state index in [4.69, 9.17) is 16.0 Å². The smallest absolute Gasteiger partial charge is 0.198 e. The summed E-state index contributed by atoms with van der Waals surface area (Å²) in [6.45, 7) is 3.58. The predicted octanol–water partition coefficient (Wildman–Crippen LogP) is 4.54. The van der Waals surface area contributed by atoms with Gasteiger partial charge in [-0.3, -0.25) is 4.79 Å². The Balaban J connectivity index is 2.51. The van der Waals surface area contributed by atoms with Gasteiger partial charge in [-0.1, -0.05) is 17.7 Å². The molecule has 88 valence electrons. The predicted molar refractivity (Wildman–Crippen MR) is 70.8 cm³/mol. The molecule has 17 heavy (non-hydrogen) atoms. The van der Waals surface area contributed by atoms with Gasteiger partial charge in [0, 0.05) is 10.0 Å². The van der Waals surface area contributed by atoms with Crippen LogP contribution in [0.4, 0.5) is 0 Å². The van der Waals surface area contributed by atoms with E-state index in [1.165, 1.54) is 0 Å². The average molecular weight is 314 g/mol. The van der Waals surface area contributed by atoms with Crippen LogP contribution in [0.2, 0.25) is 5.02 Å². The van der Waals surface area contributed by atoms with Crippen LogP contribution in [-0.4, -0.2) is 5.78 Å². The van der Waals surface area contributed by atoms with E-state index in [1.807, 2.05) is 6.92 Å². The molecule has 0 unspecified atom stereocenters. The molecule has 0 bridgehead atoms. The number of carbonyl (C=O) groups is 1. The lowest BCUT2D eigenvalue weighted by atomic mass is 10.0. The van der Waals surface area contributed by atoms with Crippen LogP contribution in [0.3, 0.4) is 0 Å². The lowest BCUT2D eigenvalue weighted by Crippen LogP contribution is -2.02. The normalized spacial score (nSPS) is 10.6. The molecule has 0 atom stereocenters. The van der Waals surface area contributed by atoms with Gasteiger partial charge in [0.05, 0.1) is 10.6 Å². The highest BCUT2D eigenvalue weighted by Gasteiger charge is 2.18. The van der Waals surface area contributed by atoms with E-state index in [9.17, 15) is 4.79 Å². The molecule has 1 aromatic carbocycles. The minimum atomic E-state index is -0.120. The molecule has 1 heterocycles. The Labute approximate surface area is 113 Å². The summed E-state index contributed by atoms with van der Waals surface area (Å²) in [7, 11) is 0. The molecule has 0 spiro atoms. The Morgan fingerprint density at radius 2 is 2.00 bits per heavy atom. The maximum Gasteiger partial charge on any atom is 0.198 e. The van der Waals surface area contributed by atoms with Crippen molar-refractivity contribution in [3.05, 3.63) is 56.4 Å². The van der Waals surface area contributed by atoms with E-state index >= 15 is 0 Å².